The van der Waals surface area contributed by atoms with E-state index >= 15 is 0 Å². The van der Waals surface area contributed by atoms with Crippen LogP contribution in [0.5, 0.6) is 0 Å². The Kier molecular flexibility index (Phi) is 4.66. The van der Waals surface area contributed by atoms with Crippen molar-refractivity contribution >= 4 is 0 Å². The molecule has 1 aromatic rings. The molecule has 2 atom stereocenters. The minimum atomic E-state index is -0.814. The molecule has 2 nitrogen and oxygen atoms in total. The fraction of sp³-hybridized carbons (Fsp3) is 0.571. The van der Waals surface area contributed by atoms with Gasteiger partial charge < -0.3 is 9.84 Å². The van der Waals surface area contributed by atoms with Gasteiger partial charge in [0.05, 0.1) is 6.10 Å². The third-order valence-electron chi connectivity index (χ3n) is 2.68. The second-order valence-electron chi connectivity index (χ2n) is 5.24. The van der Waals surface area contributed by atoms with E-state index in [0.29, 0.717) is 12.2 Å². The Hall–Kier alpha value is -0.930. The summed E-state index contributed by atoms with van der Waals surface area (Å²) in [5.41, 5.74) is 0.347. The summed E-state index contributed by atoms with van der Waals surface area (Å²) in [4.78, 5) is 0. The monoisotopic (exact) mass is 240 g/mol. The predicted molar refractivity (Wildman–Crippen MR) is 66.2 cm³/mol. The SMILES string of the molecule is CCOC(C(O)c1cccc(F)c1)C(C)(C)C. The lowest BCUT2D eigenvalue weighted by atomic mass is 9.83. The summed E-state index contributed by atoms with van der Waals surface area (Å²) in [6.45, 7) is 8.40. The van der Waals surface area contributed by atoms with E-state index in [9.17, 15) is 9.50 Å². The minimum absolute atomic E-state index is 0.207. The summed E-state index contributed by atoms with van der Waals surface area (Å²) in [5.74, 6) is -0.342. The van der Waals surface area contributed by atoms with Crippen LogP contribution in [0.1, 0.15) is 39.4 Å². The molecular weight excluding hydrogens is 219 g/mol. The highest BCUT2D eigenvalue weighted by Crippen LogP contribution is 2.32. The van der Waals surface area contributed by atoms with Crippen molar-refractivity contribution in [1.29, 1.82) is 0 Å². The number of aliphatic hydroxyl groups excluding tert-OH is 1. The molecule has 17 heavy (non-hydrogen) atoms. The Balaban J connectivity index is 2.95. The van der Waals surface area contributed by atoms with Gasteiger partial charge in [0.25, 0.3) is 0 Å². The van der Waals surface area contributed by atoms with Gasteiger partial charge in [0.2, 0.25) is 0 Å². The van der Waals surface area contributed by atoms with E-state index < -0.39 is 6.10 Å². The first-order valence-corrected chi connectivity index (χ1v) is 5.91. The molecule has 0 aliphatic carbocycles. The average Bonchev–Trinajstić information content (AvgIpc) is 2.23. The molecule has 0 aromatic heterocycles. The number of hydrogen-bond donors (Lipinski definition) is 1. The van der Waals surface area contributed by atoms with Crippen molar-refractivity contribution in [3.8, 4) is 0 Å². The molecule has 0 saturated heterocycles. The van der Waals surface area contributed by atoms with E-state index in [1.165, 1.54) is 12.1 Å². The van der Waals surface area contributed by atoms with Crippen LogP contribution >= 0.6 is 0 Å². The van der Waals surface area contributed by atoms with Crippen molar-refractivity contribution in [1.82, 2.24) is 0 Å². The number of rotatable bonds is 4. The van der Waals surface area contributed by atoms with Crippen LogP contribution in [0, 0.1) is 11.2 Å². The average molecular weight is 240 g/mol. The molecule has 1 N–H and O–H groups in total. The summed E-state index contributed by atoms with van der Waals surface area (Å²) < 4.78 is 18.7. The van der Waals surface area contributed by atoms with Crippen molar-refractivity contribution in [3.63, 3.8) is 0 Å². The van der Waals surface area contributed by atoms with Crippen LogP contribution in [0.25, 0.3) is 0 Å². The molecule has 2 unspecified atom stereocenters. The Morgan fingerprint density at radius 2 is 2.00 bits per heavy atom. The van der Waals surface area contributed by atoms with Gasteiger partial charge in [-0.2, -0.15) is 0 Å². The largest absolute Gasteiger partial charge is 0.386 e. The lowest BCUT2D eigenvalue weighted by Crippen LogP contribution is -2.35. The lowest BCUT2D eigenvalue weighted by Gasteiger charge is -2.34. The van der Waals surface area contributed by atoms with E-state index in [4.69, 9.17) is 4.74 Å². The maximum Gasteiger partial charge on any atom is 0.123 e. The third kappa shape index (κ3) is 3.79. The summed E-state index contributed by atoms with van der Waals surface area (Å²) in [5, 5.41) is 10.3. The highest BCUT2D eigenvalue weighted by molar-refractivity contribution is 5.20. The van der Waals surface area contributed by atoms with E-state index in [2.05, 4.69) is 0 Å². The summed E-state index contributed by atoms with van der Waals surface area (Å²) in [6.07, 6.45) is -1.17. The van der Waals surface area contributed by atoms with Gasteiger partial charge in [-0.3, -0.25) is 0 Å². The zero-order valence-electron chi connectivity index (χ0n) is 10.9. The second kappa shape index (κ2) is 5.61. The third-order valence-corrected chi connectivity index (χ3v) is 2.68. The maximum atomic E-state index is 13.1. The number of aliphatic hydroxyl groups is 1. The van der Waals surface area contributed by atoms with E-state index in [0.717, 1.165) is 0 Å². The van der Waals surface area contributed by atoms with Gasteiger partial charge >= 0.3 is 0 Å². The van der Waals surface area contributed by atoms with Crippen LogP contribution in [-0.4, -0.2) is 17.8 Å². The van der Waals surface area contributed by atoms with Crippen LogP contribution in [0.4, 0.5) is 4.39 Å². The van der Waals surface area contributed by atoms with Crippen molar-refractivity contribution in [2.45, 2.75) is 39.9 Å². The molecule has 3 heteroatoms. The molecule has 0 bridgehead atoms. The van der Waals surface area contributed by atoms with Crippen molar-refractivity contribution < 1.29 is 14.2 Å². The summed E-state index contributed by atoms with van der Waals surface area (Å²) in [7, 11) is 0. The van der Waals surface area contributed by atoms with Gasteiger partial charge in [0.15, 0.2) is 0 Å². The number of halogens is 1. The van der Waals surface area contributed by atoms with Gasteiger partial charge in [-0.05, 0) is 30.0 Å². The van der Waals surface area contributed by atoms with Crippen molar-refractivity contribution in [3.05, 3.63) is 35.6 Å². The molecule has 0 amide bonds. The number of hydrogen-bond acceptors (Lipinski definition) is 2. The first-order chi connectivity index (χ1) is 7.86. The fourth-order valence-electron chi connectivity index (χ4n) is 1.86. The molecule has 0 saturated carbocycles. The number of benzene rings is 1. The number of ether oxygens (including phenoxy) is 1. The van der Waals surface area contributed by atoms with E-state index in [-0.39, 0.29) is 17.3 Å². The smallest absolute Gasteiger partial charge is 0.123 e. The van der Waals surface area contributed by atoms with Crippen LogP contribution in [0.3, 0.4) is 0 Å². The summed E-state index contributed by atoms with van der Waals surface area (Å²) in [6, 6.07) is 6.02. The molecule has 0 aliphatic heterocycles. The van der Waals surface area contributed by atoms with Crippen LogP contribution in [0.2, 0.25) is 0 Å². The molecule has 0 spiro atoms. The van der Waals surface area contributed by atoms with Crippen LogP contribution in [0.15, 0.2) is 24.3 Å². The van der Waals surface area contributed by atoms with Crippen molar-refractivity contribution in [2.24, 2.45) is 5.41 Å². The molecule has 1 rings (SSSR count). The summed E-state index contributed by atoms with van der Waals surface area (Å²) >= 11 is 0. The van der Waals surface area contributed by atoms with Crippen molar-refractivity contribution in [2.75, 3.05) is 6.61 Å². The van der Waals surface area contributed by atoms with Gasteiger partial charge in [0.1, 0.15) is 11.9 Å². The Labute approximate surface area is 102 Å². The highest BCUT2D eigenvalue weighted by atomic mass is 19.1. The predicted octanol–water partition coefficient (Wildman–Crippen LogP) is 3.31. The molecular formula is C14H21FO2. The van der Waals surface area contributed by atoms with Gasteiger partial charge in [-0.15, -0.1) is 0 Å². The van der Waals surface area contributed by atoms with E-state index in [1.807, 2.05) is 27.7 Å². The van der Waals surface area contributed by atoms with Crippen LogP contribution < -0.4 is 0 Å². The lowest BCUT2D eigenvalue weighted by molar-refractivity contribution is -0.0899. The first kappa shape index (κ1) is 14.1. The standard InChI is InChI=1S/C14H21FO2/c1-5-17-13(14(2,3)4)12(16)10-7-6-8-11(15)9-10/h6-9,12-13,16H,5H2,1-4H3. The molecule has 96 valence electrons. The van der Waals surface area contributed by atoms with Gasteiger partial charge in [-0.25, -0.2) is 4.39 Å². The van der Waals surface area contributed by atoms with E-state index in [1.54, 1.807) is 12.1 Å². The van der Waals surface area contributed by atoms with Gasteiger partial charge in [-0.1, -0.05) is 32.9 Å². The molecule has 0 aliphatic rings. The second-order valence-corrected chi connectivity index (χ2v) is 5.24. The maximum absolute atomic E-state index is 13.1. The molecule has 0 radical (unpaired) electrons. The Bertz CT molecular complexity index is 357. The topological polar surface area (TPSA) is 29.5 Å². The van der Waals surface area contributed by atoms with Gasteiger partial charge in [0, 0.05) is 6.61 Å². The zero-order valence-corrected chi connectivity index (χ0v) is 10.9. The quantitative estimate of drug-likeness (QED) is 0.875. The Morgan fingerprint density at radius 3 is 2.47 bits per heavy atom. The normalized spacial score (nSPS) is 15.6. The van der Waals surface area contributed by atoms with Crippen LogP contribution in [-0.2, 0) is 4.74 Å². The first-order valence-electron chi connectivity index (χ1n) is 5.91. The molecule has 0 heterocycles. The highest BCUT2D eigenvalue weighted by Gasteiger charge is 2.32. The minimum Gasteiger partial charge on any atom is -0.386 e. The Morgan fingerprint density at radius 1 is 1.35 bits per heavy atom. The zero-order chi connectivity index (χ0) is 13.1. The fourth-order valence-corrected chi connectivity index (χ4v) is 1.86. The molecule has 0 fully saturated rings. The molecule has 1 aromatic carbocycles.